The number of benzene rings is 10. The molecule has 10 aromatic carbocycles. The molecule has 0 amide bonds. The predicted molar refractivity (Wildman–Crippen MR) is 286 cm³/mol. The SMILES string of the molecule is CC(C)(C)c1ccc(N(c2c(-c3ccccc3)cccc2-c2ccccc2)c2ccc3ccc4c(-n5c6ccc(C(C)(C)C)cc6c6cc(C(C)(C)C)ccc65)ccc5ccc2c3c54)cc1. The Hall–Kier alpha value is -7.16. The first-order valence-corrected chi connectivity index (χ1v) is 23.6. The molecule has 11 aromatic rings. The van der Waals surface area contributed by atoms with Gasteiger partial charge in [0.2, 0.25) is 0 Å². The van der Waals surface area contributed by atoms with Crippen molar-refractivity contribution in [1.82, 2.24) is 4.57 Å². The van der Waals surface area contributed by atoms with E-state index in [2.05, 4.69) is 260 Å². The highest BCUT2D eigenvalue weighted by Crippen LogP contribution is 2.51. The molecule has 0 aliphatic heterocycles. The minimum absolute atomic E-state index is 0.0192. The number of para-hydroxylation sites is 1. The Balaban J connectivity index is 1.21. The second-order valence-electron chi connectivity index (χ2n) is 21.5. The van der Waals surface area contributed by atoms with E-state index < -0.39 is 0 Å². The molecule has 0 N–H and O–H groups in total. The first kappa shape index (κ1) is 41.5. The molecule has 0 saturated heterocycles. The van der Waals surface area contributed by atoms with Crippen LogP contribution < -0.4 is 4.90 Å². The normalized spacial score (nSPS) is 12.6. The fraction of sp³-hybridized carbons (Fsp3) is 0.188. The van der Waals surface area contributed by atoms with Gasteiger partial charge in [0.25, 0.3) is 0 Å². The van der Waals surface area contributed by atoms with E-state index >= 15 is 0 Å². The first-order chi connectivity index (χ1) is 31.6. The van der Waals surface area contributed by atoms with Gasteiger partial charge in [0, 0.05) is 38.4 Å². The van der Waals surface area contributed by atoms with Gasteiger partial charge in [-0.15, -0.1) is 0 Å². The highest BCUT2D eigenvalue weighted by molar-refractivity contribution is 6.28. The highest BCUT2D eigenvalue weighted by Gasteiger charge is 2.27. The third-order valence-electron chi connectivity index (χ3n) is 14.0. The van der Waals surface area contributed by atoms with Gasteiger partial charge in [0.15, 0.2) is 0 Å². The first-order valence-electron chi connectivity index (χ1n) is 23.6. The monoisotopic (exact) mass is 854 g/mol. The van der Waals surface area contributed by atoms with Gasteiger partial charge < -0.3 is 9.47 Å². The minimum atomic E-state index is 0.0192. The van der Waals surface area contributed by atoms with Crippen LogP contribution in [0.1, 0.15) is 79.0 Å². The molecule has 0 bridgehead atoms. The van der Waals surface area contributed by atoms with Crippen molar-refractivity contribution in [3.05, 3.63) is 205 Å². The molecule has 2 heteroatoms. The maximum absolute atomic E-state index is 2.54. The molecule has 0 fully saturated rings. The Labute approximate surface area is 390 Å². The lowest BCUT2D eigenvalue weighted by Gasteiger charge is -2.32. The van der Waals surface area contributed by atoms with Crippen molar-refractivity contribution in [3.8, 4) is 27.9 Å². The molecule has 1 heterocycles. The number of aromatic nitrogens is 1. The van der Waals surface area contributed by atoms with Gasteiger partial charge >= 0.3 is 0 Å². The molecule has 0 radical (unpaired) electrons. The second kappa shape index (κ2) is 15.2. The maximum Gasteiger partial charge on any atom is 0.0618 e. The lowest BCUT2D eigenvalue weighted by molar-refractivity contribution is 0.590. The average molecular weight is 855 g/mol. The number of fused-ring (bicyclic) bond motifs is 3. The Bertz CT molecular complexity index is 3480. The van der Waals surface area contributed by atoms with Crippen LogP contribution in [0.2, 0.25) is 0 Å². The quantitative estimate of drug-likeness (QED) is 0.151. The Morgan fingerprint density at radius 2 is 0.818 bits per heavy atom. The van der Waals surface area contributed by atoms with Gasteiger partial charge in [-0.2, -0.15) is 0 Å². The zero-order valence-corrected chi connectivity index (χ0v) is 39.8. The summed E-state index contributed by atoms with van der Waals surface area (Å²) in [7, 11) is 0. The van der Waals surface area contributed by atoms with Crippen LogP contribution >= 0.6 is 0 Å². The largest absolute Gasteiger partial charge is 0.309 e. The molecule has 324 valence electrons. The minimum Gasteiger partial charge on any atom is -0.309 e. The number of hydrogen-bond donors (Lipinski definition) is 0. The van der Waals surface area contributed by atoms with Crippen LogP contribution in [0.15, 0.2) is 188 Å². The van der Waals surface area contributed by atoms with Crippen LogP contribution in [-0.2, 0) is 16.2 Å². The van der Waals surface area contributed by atoms with Gasteiger partial charge in [-0.05, 0) is 114 Å². The summed E-state index contributed by atoms with van der Waals surface area (Å²) in [5.41, 5.74) is 15.9. The van der Waals surface area contributed by atoms with Crippen LogP contribution in [0.4, 0.5) is 17.1 Å². The zero-order valence-electron chi connectivity index (χ0n) is 39.8. The van der Waals surface area contributed by atoms with Crippen molar-refractivity contribution in [2.45, 2.75) is 78.6 Å². The van der Waals surface area contributed by atoms with E-state index in [4.69, 9.17) is 0 Å². The lowest BCUT2D eigenvalue weighted by Crippen LogP contribution is -2.15. The standard InChI is InChI=1S/C64H58N2/c1-62(2,3)45-27-31-48(32-28-45)65(61-49(41-17-12-10-13-18-41)21-16-22-50(61)42-19-14-11-15-20-42)55-35-25-43-24-34-52-56(36-26-44-23-33-51(55)59(43)60(44)52)66-57-37-29-46(63(4,5)6)39-53(57)54-40-47(64(7,8)9)30-38-58(54)66/h10-40H,1-9H3. The van der Waals surface area contributed by atoms with E-state index in [9.17, 15) is 0 Å². The summed E-state index contributed by atoms with van der Waals surface area (Å²) in [5.74, 6) is 0. The predicted octanol–water partition coefficient (Wildman–Crippen LogP) is 18.4. The van der Waals surface area contributed by atoms with E-state index in [1.807, 2.05) is 0 Å². The number of rotatable bonds is 6. The second-order valence-corrected chi connectivity index (χ2v) is 21.5. The summed E-state index contributed by atoms with van der Waals surface area (Å²) in [6, 6.07) is 70.9. The van der Waals surface area contributed by atoms with Gasteiger partial charge in [-0.1, -0.05) is 202 Å². The van der Waals surface area contributed by atoms with Gasteiger partial charge in [0.05, 0.1) is 28.1 Å². The van der Waals surface area contributed by atoms with Crippen molar-refractivity contribution < 1.29 is 0 Å². The summed E-state index contributed by atoms with van der Waals surface area (Å²) in [5, 5.41) is 10.1. The van der Waals surface area contributed by atoms with Gasteiger partial charge in [-0.25, -0.2) is 0 Å². The molecule has 0 atom stereocenters. The molecule has 0 spiro atoms. The van der Waals surface area contributed by atoms with Crippen LogP contribution in [0, 0.1) is 0 Å². The van der Waals surface area contributed by atoms with Crippen LogP contribution in [0.25, 0.3) is 82.1 Å². The summed E-state index contributed by atoms with van der Waals surface area (Å²) in [4.78, 5) is 2.54. The maximum atomic E-state index is 2.54. The summed E-state index contributed by atoms with van der Waals surface area (Å²) >= 11 is 0. The van der Waals surface area contributed by atoms with E-state index in [0.717, 1.165) is 17.1 Å². The van der Waals surface area contributed by atoms with Gasteiger partial charge in [0.1, 0.15) is 0 Å². The lowest BCUT2D eigenvalue weighted by atomic mass is 9.85. The van der Waals surface area contributed by atoms with Crippen molar-refractivity contribution in [3.63, 3.8) is 0 Å². The summed E-state index contributed by atoms with van der Waals surface area (Å²) in [6.45, 7) is 20.8. The van der Waals surface area contributed by atoms with Crippen molar-refractivity contribution in [1.29, 1.82) is 0 Å². The average Bonchev–Trinajstić information content (AvgIpc) is 3.64. The summed E-state index contributed by atoms with van der Waals surface area (Å²) < 4.78 is 2.53. The fourth-order valence-electron chi connectivity index (χ4n) is 10.4. The van der Waals surface area contributed by atoms with E-state index in [0.29, 0.717) is 0 Å². The van der Waals surface area contributed by atoms with E-state index in [1.165, 1.54) is 98.8 Å². The molecule has 0 aliphatic rings. The van der Waals surface area contributed by atoms with Crippen molar-refractivity contribution in [2.24, 2.45) is 0 Å². The Morgan fingerprint density at radius 1 is 0.364 bits per heavy atom. The zero-order chi connectivity index (χ0) is 45.7. The molecule has 1 aromatic heterocycles. The number of hydrogen-bond acceptors (Lipinski definition) is 1. The Morgan fingerprint density at radius 3 is 1.33 bits per heavy atom. The van der Waals surface area contributed by atoms with Crippen LogP contribution in [-0.4, -0.2) is 4.57 Å². The molecular weight excluding hydrogens is 797 g/mol. The Kier molecular flexibility index (Phi) is 9.57. The molecule has 66 heavy (non-hydrogen) atoms. The molecule has 2 nitrogen and oxygen atoms in total. The number of anilines is 3. The molecule has 0 aliphatic carbocycles. The topological polar surface area (TPSA) is 8.17 Å². The van der Waals surface area contributed by atoms with E-state index in [-0.39, 0.29) is 16.2 Å². The third-order valence-corrected chi connectivity index (χ3v) is 14.0. The fourth-order valence-corrected chi connectivity index (χ4v) is 10.4. The molecule has 11 rings (SSSR count). The molecule has 0 saturated carbocycles. The molecular formula is C64H58N2. The number of nitrogens with zero attached hydrogens (tertiary/aromatic N) is 2. The van der Waals surface area contributed by atoms with Crippen LogP contribution in [0.3, 0.4) is 0 Å². The highest BCUT2D eigenvalue weighted by atomic mass is 15.1. The van der Waals surface area contributed by atoms with Gasteiger partial charge in [-0.3, -0.25) is 0 Å². The van der Waals surface area contributed by atoms with Crippen molar-refractivity contribution >= 4 is 71.2 Å². The summed E-state index contributed by atoms with van der Waals surface area (Å²) in [6.07, 6.45) is 0. The van der Waals surface area contributed by atoms with E-state index in [1.54, 1.807) is 0 Å². The van der Waals surface area contributed by atoms with Crippen LogP contribution in [0.5, 0.6) is 0 Å². The molecule has 0 unspecified atom stereocenters. The smallest absolute Gasteiger partial charge is 0.0618 e. The van der Waals surface area contributed by atoms with Crippen molar-refractivity contribution in [2.75, 3.05) is 4.90 Å². The third kappa shape index (κ3) is 6.85.